The van der Waals surface area contributed by atoms with E-state index in [0.717, 1.165) is 6.54 Å². The van der Waals surface area contributed by atoms with Crippen molar-refractivity contribution in [3.05, 3.63) is 24.3 Å². The minimum Gasteiger partial charge on any atom is -0.381 e. The summed E-state index contributed by atoms with van der Waals surface area (Å²) in [5.41, 5.74) is 0.833. The number of piperidine rings is 1. The molecule has 0 unspecified atom stereocenters. The number of likely N-dealkylation sites (tertiary alicyclic amines) is 1. The summed E-state index contributed by atoms with van der Waals surface area (Å²) >= 11 is 0. The molecule has 1 aromatic rings. The molecule has 3 rings (SSSR count). The summed E-state index contributed by atoms with van der Waals surface area (Å²) in [5, 5.41) is 3.34. The predicted molar refractivity (Wildman–Crippen MR) is 79.3 cm³/mol. The van der Waals surface area contributed by atoms with Gasteiger partial charge in [-0.05, 0) is 44.8 Å². The summed E-state index contributed by atoms with van der Waals surface area (Å²) in [6.45, 7) is 3.27. The fraction of sp³-hybridized carbons (Fsp3) is 0.688. The van der Waals surface area contributed by atoms with E-state index < -0.39 is 0 Å². The van der Waals surface area contributed by atoms with Gasteiger partial charge in [0.25, 0.3) is 0 Å². The number of nitrogens with one attached hydrogen (secondary N) is 1. The van der Waals surface area contributed by atoms with Crippen molar-refractivity contribution < 1.29 is 4.39 Å². The Bertz CT molecular complexity index is 437. The number of anilines is 1. The zero-order valence-corrected chi connectivity index (χ0v) is 12.1. The summed E-state index contributed by atoms with van der Waals surface area (Å²) in [6.07, 6.45) is 12.0. The molecule has 1 aliphatic heterocycles. The van der Waals surface area contributed by atoms with E-state index in [4.69, 9.17) is 0 Å². The van der Waals surface area contributed by atoms with Gasteiger partial charge in [0.1, 0.15) is 0 Å². The van der Waals surface area contributed by atoms with Crippen LogP contribution in [0.3, 0.4) is 0 Å². The third kappa shape index (κ3) is 2.80. The smallest absolute Gasteiger partial charge is 0.164 e. The molecule has 2 heterocycles. The van der Waals surface area contributed by atoms with Crippen LogP contribution in [0.1, 0.15) is 44.9 Å². The number of rotatable bonds is 4. The van der Waals surface area contributed by atoms with Crippen molar-refractivity contribution in [3.8, 4) is 0 Å². The van der Waals surface area contributed by atoms with E-state index in [-0.39, 0.29) is 11.4 Å². The highest BCUT2D eigenvalue weighted by atomic mass is 19.1. The Hall–Kier alpha value is -1.16. The van der Waals surface area contributed by atoms with E-state index in [1.54, 1.807) is 12.3 Å². The maximum Gasteiger partial charge on any atom is 0.164 e. The minimum atomic E-state index is -0.251. The number of hydrogen-bond acceptors (Lipinski definition) is 3. The lowest BCUT2D eigenvalue weighted by molar-refractivity contribution is 0.0808. The van der Waals surface area contributed by atoms with Crippen LogP contribution in [0.4, 0.5) is 10.1 Å². The second kappa shape index (κ2) is 6.08. The van der Waals surface area contributed by atoms with E-state index in [1.165, 1.54) is 64.2 Å². The van der Waals surface area contributed by atoms with E-state index in [9.17, 15) is 4.39 Å². The highest BCUT2D eigenvalue weighted by Crippen LogP contribution is 2.37. The molecule has 1 aliphatic carbocycles. The highest BCUT2D eigenvalue weighted by Gasteiger charge is 2.39. The van der Waals surface area contributed by atoms with E-state index in [1.807, 2.05) is 0 Å². The molecule has 0 atom stereocenters. The van der Waals surface area contributed by atoms with Gasteiger partial charge >= 0.3 is 0 Å². The Morgan fingerprint density at radius 3 is 2.60 bits per heavy atom. The maximum atomic E-state index is 13.7. The summed E-state index contributed by atoms with van der Waals surface area (Å²) in [5.74, 6) is -0.251. The van der Waals surface area contributed by atoms with Crippen LogP contribution >= 0.6 is 0 Å². The number of hydrogen-bond donors (Lipinski definition) is 1. The van der Waals surface area contributed by atoms with Crippen LogP contribution in [0.25, 0.3) is 0 Å². The van der Waals surface area contributed by atoms with Crippen molar-refractivity contribution in [1.29, 1.82) is 0 Å². The van der Waals surface area contributed by atoms with Crippen molar-refractivity contribution in [2.24, 2.45) is 0 Å². The standard InChI is InChI=1S/C16H24FN3/c17-14-12-18-9-6-15(14)19-13-16(7-2-3-8-16)20-10-4-1-5-11-20/h6,9,12H,1-5,7-8,10-11,13H2,(H,18,19). The molecule has 2 aliphatic rings. The average molecular weight is 277 g/mol. The van der Waals surface area contributed by atoms with Crippen molar-refractivity contribution in [1.82, 2.24) is 9.88 Å². The van der Waals surface area contributed by atoms with Crippen LogP contribution in [0.15, 0.2) is 18.5 Å². The molecule has 1 aromatic heterocycles. The Balaban J connectivity index is 1.69. The molecule has 0 bridgehead atoms. The molecule has 0 radical (unpaired) electrons. The average Bonchev–Trinajstić information content (AvgIpc) is 2.98. The zero-order valence-electron chi connectivity index (χ0n) is 12.1. The van der Waals surface area contributed by atoms with Crippen LogP contribution < -0.4 is 5.32 Å². The normalized spacial score (nSPS) is 22.9. The summed E-state index contributed by atoms with van der Waals surface area (Å²) in [4.78, 5) is 6.47. The number of halogens is 1. The maximum absolute atomic E-state index is 13.7. The van der Waals surface area contributed by atoms with Crippen molar-refractivity contribution >= 4 is 5.69 Å². The van der Waals surface area contributed by atoms with Crippen LogP contribution in [-0.4, -0.2) is 35.1 Å². The molecule has 110 valence electrons. The van der Waals surface area contributed by atoms with E-state index in [0.29, 0.717) is 5.69 Å². The molecule has 2 fully saturated rings. The van der Waals surface area contributed by atoms with E-state index >= 15 is 0 Å². The second-order valence-corrected chi connectivity index (χ2v) is 6.19. The Labute approximate surface area is 120 Å². The first-order chi connectivity index (χ1) is 9.80. The van der Waals surface area contributed by atoms with Crippen LogP contribution in [0.5, 0.6) is 0 Å². The molecule has 20 heavy (non-hydrogen) atoms. The van der Waals surface area contributed by atoms with Gasteiger partial charge in [0.15, 0.2) is 5.82 Å². The highest BCUT2D eigenvalue weighted by molar-refractivity contribution is 5.43. The first-order valence-corrected chi connectivity index (χ1v) is 7.89. The molecule has 1 N–H and O–H groups in total. The van der Waals surface area contributed by atoms with Gasteiger partial charge in [-0.1, -0.05) is 19.3 Å². The van der Waals surface area contributed by atoms with Gasteiger partial charge < -0.3 is 5.32 Å². The quantitative estimate of drug-likeness (QED) is 0.914. The first-order valence-electron chi connectivity index (χ1n) is 7.89. The van der Waals surface area contributed by atoms with Crippen LogP contribution in [0.2, 0.25) is 0 Å². The molecule has 3 nitrogen and oxygen atoms in total. The Morgan fingerprint density at radius 1 is 1.15 bits per heavy atom. The predicted octanol–water partition coefficient (Wildman–Crippen LogP) is 3.43. The topological polar surface area (TPSA) is 28.2 Å². The first kappa shape index (κ1) is 13.8. The fourth-order valence-electron chi connectivity index (χ4n) is 3.78. The van der Waals surface area contributed by atoms with Crippen molar-refractivity contribution in [3.63, 3.8) is 0 Å². The Kier molecular flexibility index (Phi) is 4.20. The minimum absolute atomic E-state index is 0.246. The van der Waals surface area contributed by atoms with Gasteiger partial charge in [-0.15, -0.1) is 0 Å². The lowest BCUT2D eigenvalue weighted by Crippen LogP contribution is -2.53. The van der Waals surface area contributed by atoms with E-state index in [2.05, 4.69) is 15.2 Å². The van der Waals surface area contributed by atoms with Gasteiger partial charge in [0, 0.05) is 18.3 Å². The Morgan fingerprint density at radius 2 is 1.90 bits per heavy atom. The van der Waals surface area contributed by atoms with Crippen molar-refractivity contribution in [2.75, 3.05) is 25.0 Å². The zero-order chi connectivity index (χ0) is 13.8. The monoisotopic (exact) mass is 277 g/mol. The number of aromatic nitrogens is 1. The van der Waals surface area contributed by atoms with Gasteiger partial charge in [-0.3, -0.25) is 9.88 Å². The fourth-order valence-corrected chi connectivity index (χ4v) is 3.78. The van der Waals surface area contributed by atoms with Gasteiger partial charge in [0.2, 0.25) is 0 Å². The van der Waals surface area contributed by atoms with Gasteiger partial charge in [-0.2, -0.15) is 0 Å². The molecular weight excluding hydrogens is 253 g/mol. The van der Waals surface area contributed by atoms with Crippen LogP contribution in [0, 0.1) is 5.82 Å². The summed E-state index contributed by atoms with van der Waals surface area (Å²) < 4.78 is 13.7. The second-order valence-electron chi connectivity index (χ2n) is 6.19. The summed E-state index contributed by atoms with van der Waals surface area (Å²) in [7, 11) is 0. The van der Waals surface area contributed by atoms with Crippen LogP contribution in [-0.2, 0) is 0 Å². The third-order valence-corrected chi connectivity index (χ3v) is 4.94. The lowest BCUT2D eigenvalue weighted by atomic mass is 9.92. The molecule has 0 aromatic carbocycles. The third-order valence-electron chi connectivity index (χ3n) is 4.94. The molecule has 1 saturated carbocycles. The molecule has 1 saturated heterocycles. The summed E-state index contributed by atoms with van der Waals surface area (Å²) in [6, 6.07) is 1.73. The van der Waals surface area contributed by atoms with Crippen molar-refractivity contribution in [2.45, 2.75) is 50.5 Å². The number of nitrogens with zero attached hydrogens (tertiary/aromatic N) is 2. The molecular formula is C16H24FN3. The molecule has 4 heteroatoms. The molecule has 0 spiro atoms. The van der Waals surface area contributed by atoms with Gasteiger partial charge in [-0.25, -0.2) is 4.39 Å². The lowest BCUT2D eigenvalue weighted by Gasteiger charge is -2.44. The largest absolute Gasteiger partial charge is 0.381 e. The van der Waals surface area contributed by atoms with Gasteiger partial charge in [0.05, 0.1) is 11.9 Å². The number of pyridine rings is 1. The molecule has 0 amide bonds. The SMILES string of the molecule is Fc1cnccc1NCC1(N2CCCCC2)CCCC1.